The lowest BCUT2D eigenvalue weighted by atomic mass is 9.86. The topological polar surface area (TPSA) is 105 Å². The van der Waals surface area contributed by atoms with Crippen molar-refractivity contribution >= 4 is 28.9 Å². The van der Waals surface area contributed by atoms with Gasteiger partial charge in [0.25, 0.3) is 5.56 Å². The summed E-state index contributed by atoms with van der Waals surface area (Å²) in [5.74, 6) is -0.826. The minimum absolute atomic E-state index is 0.0225. The van der Waals surface area contributed by atoms with E-state index in [9.17, 15) is 14.7 Å². The average Bonchev–Trinajstić information content (AvgIpc) is 2.91. The summed E-state index contributed by atoms with van der Waals surface area (Å²) >= 11 is 0. The lowest BCUT2D eigenvalue weighted by Gasteiger charge is -2.20. The van der Waals surface area contributed by atoms with Crippen molar-refractivity contribution in [2.45, 2.75) is 33.1 Å². The van der Waals surface area contributed by atoms with Crippen molar-refractivity contribution < 1.29 is 14.6 Å². The van der Waals surface area contributed by atoms with Crippen LogP contribution < -0.4 is 20.9 Å². The molecule has 4 rings (SSSR count). The quantitative estimate of drug-likeness (QED) is 0.232. The van der Waals surface area contributed by atoms with Gasteiger partial charge >= 0.3 is 5.97 Å². The Morgan fingerprint density at radius 3 is 2.40 bits per heavy atom. The fourth-order valence-corrected chi connectivity index (χ4v) is 4.35. The Hall–Kier alpha value is -4.85. The van der Waals surface area contributed by atoms with Gasteiger partial charge in [-0.2, -0.15) is 0 Å². The Morgan fingerprint density at radius 2 is 1.77 bits per heavy atom. The molecule has 0 saturated heterocycles. The van der Waals surface area contributed by atoms with Crippen LogP contribution in [0.4, 0.5) is 17.2 Å². The number of carbonyl (C=O) groups is 1. The fraction of sp³-hybridized carbons (Fsp3) is 0.219. The third-order valence-corrected chi connectivity index (χ3v) is 6.76. The molecule has 0 fully saturated rings. The second kappa shape index (κ2) is 11.1. The van der Waals surface area contributed by atoms with Crippen LogP contribution in [0.5, 0.6) is 5.75 Å². The number of carboxylic acids is 1. The van der Waals surface area contributed by atoms with Gasteiger partial charge in [-0.05, 0) is 47.2 Å². The number of rotatable bonds is 8. The van der Waals surface area contributed by atoms with Gasteiger partial charge in [-0.3, -0.25) is 4.79 Å². The molecule has 0 unspecified atom stereocenters. The van der Waals surface area contributed by atoms with Gasteiger partial charge in [0.15, 0.2) is 5.82 Å². The molecule has 0 saturated carbocycles. The molecule has 3 N–H and O–H groups in total. The Balaban J connectivity index is 1.64. The van der Waals surface area contributed by atoms with Crippen molar-refractivity contribution in [2.24, 2.45) is 7.05 Å². The molecule has 4 aromatic rings. The van der Waals surface area contributed by atoms with E-state index in [-0.39, 0.29) is 28.1 Å². The van der Waals surface area contributed by atoms with Gasteiger partial charge in [-0.1, -0.05) is 63.7 Å². The van der Waals surface area contributed by atoms with Crippen molar-refractivity contribution in [1.29, 1.82) is 0 Å². The summed E-state index contributed by atoms with van der Waals surface area (Å²) in [6.45, 7) is 12.8. The molecule has 0 aliphatic rings. The van der Waals surface area contributed by atoms with Gasteiger partial charge in [0.2, 0.25) is 0 Å². The summed E-state index contributed by atoms with van der Waals surface area (Å²) in [6.07, 6.45) is 1.69. The van der Waals surface area contributed by atoms with E-state index < -0.39 is 5.97 Å². The first-order valence-corrected chi connectivity index (χ1v) is 12.8. The number of aromatic nitrogens is 2. The van der Waals surface area contributed by atoms with E-state index in [0.717, 1.165) is 28.1 Å². The zero-order valence-electron chi connectivity index (χ0n) is 23.6. The van der Waals surface area contributed by atoms with E-state index in [4.69, 9.17) is 4.74 Å². The highest BCUT2D eigenvalue weighted by molar-refractivity contribution is 5.91. The molecule has 0 bridgehead atoms. The van der Waals surface area contributed by atoms with E-state index in [1.54, 1.807) is 19.3 Å². The highest BCUT2D eigenvalue weighted by Crippen LogP contribution is 2.31. The first kappa shape index (κ1) is 28.2. The van der Waals surface area contributed by atoms with E-state index in [2.05, 4.69) is 67.2 Å². The third-order valence-electron chi connectivity index (χ3n) is 6.76. The van der Waals surface area contributed by atoms with E-state index in [1.807, 2.05) is 25.1 Å². The van der Waals surface area contributed by atoms with E-state index in [0.29, 0.717) is 11.4 Å². The standard InChI is InChI=1S/C32H34N4O4/c1-19-24(9-8-10-26(19)33-20(2)21-11-13-22(14-12-21)32(3,4)5)27-18-36(6)30(37)29(35-27)34-23-15-16-25(31(38)39)28(17-23)40-7/h8-18,33H,2H2,1,3-7H3,(H,34,35)(H,38,39). The summed E-state index contributed by atoms with van der Waals surface area (Å²) in [4.78, 5) is 29.0. The Labute approximate surface area is 234 Å². The predicted molar refractivity (Wildman–Crippen MR) is 161 cm³/mol. The number of hydrogen-bond donors (Lipinski definition) is 3. The van der Waals surface area contributed by atoms with Gasteiger partial charge in [0.05, 0.1) is 12.8 Å². The Morgan fingerprint density at radius 1 is 1.07 bits per heavy atom. The molecule has 8 nitrogen and oxygen atoms in total. The number of anilines is 3. The van der Waals surface area contributed by atoms with Crippen LogP contribution in [0.2, 0.25) is 0 Å². The summed E-state index contributed by atoms with van der Waals surface area (Å²) in [6, 6.07) is 18.7. The molecule has 40 heavy (non-hydrogen) atoms. The number of ether oxygens (including phenoxy) is 1. The maximum atomic E-state index is 12.9. The zero-order chi connectivity index (χ0) is 29.2. The second-order valence-corrected chi connectivity index (χ2v) is 10.6. The van der Waals surface area contributed by atoms with Crippen LogP contribution >= 0.6 is 0 Å². The Kier molecular flexibility index (Phi) is 7.81. The SMILES string of the molecule is C=C(Nc1cccc(-c2cn(C)c(=O)c(Nc3ccc(C(=O)O)c(OC)c3)n2)c1C)c1ccc(C(C)(C)C)cc1. The molecule has 206 valence electrons. The summed E-state index contributed by atoms with van der Waals surface area (Å²) in [5, 5.41) is 15.8. The smallest absolute Gasteiger partial charge is 0.339 e. The lowest BCUT2D eigenvalue weighted by molar-refractivity contribution is 0.0693. The molecule has 0 aliphatic heterocycles. The van der Waals surface area contributed by atoms with Crippen molar-refractivity contribution in [3.05, 3.63) is 106 Å². The minimum atomic E-state index is -1.10. The van der Waals surface area contributed by atoms with Crippen molar-refractivity contribution in [3.8, 4) is 17.0 Å². The van der Waals surface area contributed by atoms with E-state index in [1.165, 1.54) is 29.4 Å². The second-order valence-electron chi connectivity index (χ2n) is 10.6. The monoisotopic (exact) mass is 538 g/mol. The maximum Gasteiger partial charge on any atom is 0.339 e. The van der Waals surface area contributed by atoms with Crippen LogP contribution in [0.1, 0.15) is 47.8 Å². The van der Waals surface area contributed by atoms with Crippen LogP contribution in [0, 0.1) is 6.92 Å². The van der Waals surface area contributed by atoms with Gasteiger partial charge in [0, 0.05) is 41.9 Å². The molecule has 0 atom stereocenters. The number of methoxy groups -OCH3 is 1. The largest absolute Gasteiger partial charge is 0.496 e. The number of hydrogen-bond acceptors (Lipinski definition) is 6. The maximum absolute atomic E-state index is 12.9. The fourth-order valence-electron chi connectivity index (χ4n) is 4.35. The number of nitrogens with one attached hydrogen (secondary N) is 2. The lowest BCUT2D eigenvalue weighted by Crippen LogP contribution is -2.21. The van der Waals surface area contributed by atoms with Crippen molar-refractivity contribution in [1.82, 2.24) is 9.55 Å². The minimum Gasteiger partial charge on any atom is -0.496 e. The van der Waals surface area contributed by atoms with Gasteiger partial charge in [-0.15, -0.1) is 0 Å². The molecule has 1 aromatic heterocycles. The van der Waals surface area contributed by atoms with Crippen LogP contribution in [0.15, 0.2) is 78.2 Å². The molecule has 0 aliphatic carbocycles. The molecular formula is C32H34N4O4. The highest BCUT2D eigenvalue weighted by Gasteiger charge is 2.16. The van der Waals surface area contributed by atoms with E-state index >= 15 is 0 Å². The molecule has 1 heterocycles. The average molecular weight is 539 g/mol. The van der Waals surface area contributed by atoms with Crippen LogP contribution in [0.25, 0.3) is 17.0 Å². The van der Waals surface area contributed by atoms with Gasteiger partial charge in [0.1, 0.15) is 11.3 Å². The third kappa shape index (κ3) is 5.91. The molecule has 3 aromatic carbocycles. The van der Waals surface area contributed by atoms with Crippen LogP contribution in [-0.4, -0.2) is 27.7 Å². The number of aryl methyl sites for hydroxylation is 1. The number of benzene rings is 3. The molecule has 0 spiro atoms. The molecular weight excluding hydrogens is 504 g/mol. The molecule has 8 heteroatoms. The van der Waals surface area contributed by atoms with Crippen LogP contribution in [-0.2, 0) is 12.5 Å². The molecule has 0 amide bonds. The predicted octanol–water partition coefficient (Wildman–Crippen LogP) is 6.59. The van der Waals surface area contributed by atoms with Gasteiger partial charge < -0.3 is 25.0 Å². The zero-order valence-corrected chi connectivity index (χ0v) is 23.6. The van der Waals surface area contributed by atoms with Crippen molar-refractivity contribution in [2.75, 3.05) is 17.7 Å². The first-order valence-electron chi connectivity index (χ1n) is 12.8. The summed E-state index contributed by atoms with van der Waals surface area (Å²) < 4.78 is 6.67. The highest BCUT2D eigenvalue weighted by atomic mass is 16.5. The van der Waals surface area contributed by atoms with Crippen LogP contribution in [0.3, 0.4) is 0 Å². The first-order chi connectivity index (χ1) is 18.9. The summed E-state index contributed by atoms with van der Waals surface area (Å²) in [7, 11) is 3.05. The number of nitrogens with zero attached hydrogens (tertiary/aromatic N) is 2. The van der Waals surface area contributed by atoms with Crippen molar-refractivity contribution in [3.63, 3.8) is 0 Å². The van der Waals surface area contributed by atoms with Gasteiger partial charge in [-0.25, -0.2) is 9.78 Å². The Bertz CT molecular complexity index is 1650. The normalized spacial score (nSPS) is 11.2. The molecule has 0 radical (unpaired) electrons. The number of aromatic carboxylic acids is 1. The number of carboxylic acid groups (broad SMARTS) is 1. The summed E-state index contributed by atoms with van der Waals surface area (Å²) in [5.41, 5.74) is 6.53.